The summed E-state index contributed by atoms with van der Waals surface area (Å²) in [7, 11) is 0. The molecule has 0 amide bonds. The first kappa shape index (κ1) is 18.6. The fraction of sp³-hybridized carbons (Fsp3) is 0.235. The van der Waals surface area contributed by atoms with Crippen molar-refractivity contribution in [3.8, 4) is 0 Å². The van der Waals surface area contributed by atoms with E-state index >= 15 is 0 Å². The van der Waals surface area contributed by atoms with Gasteiger partial charge in [-0.25, -0.2) is 4.79 Å². The van der Waals surface area contributed by atoms with E-state index in [0.29, 0.717) is 5.69 Å². The summed E-state index contributed by atoms with van der Waals surface area (Å²) in [5, 5.41) is 0. The van der Waals surface area contributed by atoms with Crippen molar-refractivity contribution in [3.63, 3.8) is 0 Å². The van der Waals surface area contributed by atoms with E-state index in [2.05, 4.69) is 36.9 Å². The van der Waals surface area contributed by atoms with E-state index in [4.69, 9.17) is 5.73 Å². The topological polar surface area (TPSA) is 55.4 Å². The highest BCUT2D eigenvalue weighted by Crippen LogP contribution is 2.26. The molecule has 22 heavy (non-hydrogen) atoms. The van der Waals surface area contributed by atoms with Gasteiger partial charge in [-0.3, -0.25) is 0 Å². The normalized spacial score (nSPS) is 9.55. The first-order chi connectivity index (χ1) is 10.3. The summed E-state index contributed by atoms with van der Waals surface area (Å²) in [6.07, 6.45) is 1.52. The molecule has 2 rings (SSSR count). The number of hydrogen-bond acceptors (Lipinski definition) is 3. The van der Waals surface area contributed by atoms with Crippen LogP contribution >= 0.6 is 31.9 Å². The average Bonchev–Trinajstić information content (AvgIpc) is 2.43. The third-order valence-electron chi connectivity index (χ3n) is 3.05. The molecule has 0 atom stereocenters. The van der Waals surface area contributed by atoms with Gasteiger partial charge in [0.1, 0.15) is 0 Å². The van der Waals surface area contributed by atoms with Gasteiger partial charge in [0.25, 0.3) is 0 Å². The molecule has 2 aromatic carbocycles. The van der Waals surface area contributed by atoms with E-state index in [1.807, 2.05) is 52.0 Å². The molecule has 5 heteroatoms. The van der Waals surface area contributed by atoms with Gasteiger partial charge in [-0.05, 0) is 74.2 Å². The highest BCUT2D eigenvalue weighted by Gasteiger charge is 2.00. The second-order valence-electron chi connectivity index (χ2n) is 5.07. The lowest BCUT2D eigenvalue weighted by molar-refractivity contribution is 0.565. The lowest BCUT2D eigenvalue weighted by Crippen LogP contribution is -1.88. The summed E-state index contributed by atoms with van der Waals surface area (Å²) in [5.41, 5.74) is 11.6. The third-order valence-corrected chi connectivity index (χ3v) is 5.56. The van der Waals surface area contributed by atoms with E-state index in [1.54, 1.807) is 0 Å². The van der Waals surface area contributed by atoms with Crippen molar-refractivity contribution >= 4 is 49.3 Å². The van der Waals surface area contributed by atoms with Crippen LogP contribution in [-0.4, -0.2) is 6.08 Å². The Balaban J connectivity index is 0.000000224. The maximum atomic E-state index is 9.98. The van der Waals surface area contributed by atoms with Crippen LogP contribution in [0.15, 0.2) is 38.2 Å². The summed E-state index contributed by atoms with van der Waals surface area (Å²) in [5.74, 6) is 0. The number of aryl methyl sites for hydroxylation is 4. The molecule has 0 saturated carbocycles. The number of aliphatic imine (C=N–C) groups is 1. The van der Waals surface area contributed by atoms with E-state index in [1.165, 1.54) is 17.2 Å². The second-order valence-corrected chi connectivity index (χ2v) is 6.65. The Morgan fingerprint density at radius 2 is 1.23 bits per heavy atom. The van der Waals surface area contributed by atoms with Crippen LogP contribution in [0.1, 0.15) is 22.3 Å². The molecular weight excluding hydrogens is 408 g/mol. The van der Waals surface area contributed by atoms with Crippen molar-refractivity contribution in [2.24, 2.45) is 4.99 Å². The quantitative estimate of drug-likeness (QED) is 0.363. The van der Waals surface area contributed by atoms with Crippen LogP contribution in [0, 0.1) is 27.7 Å². The SMILES string of the molecule is Cc1cc(N)cc(C)c1Br.Cc1cc(N=C=O)cc(C)c1Br. The van der Waals surface area contributed by atoms with E-state index in [9.17, 15) is 4.79 Å². The fourth-order valence-electron chi connectivity index (χ4n) is 2.02. The Bertz CT molecular complexity index is 689. The summed E-state index contributed by atoms with van der Waals surface area (Å²) in [6, 6.07) is 7.58. The van der Waals surface area contributed by atoms with Crippen molar-refractivity contribution in [1.82, 2.24) is 0 Å². The van der Waals surface area contributed by atoms with E-state index in [-0.39, 0.29) is 0 Å². The predicted molar refractivity (Wildman–Crippen MR) is 99.4 cm³/mol. The molecule has 0 bridgehead atoms. The highest BCUT2D eigenvalue weighted by molar-refractivity contribution is 9.10. The monoisotopic (exact) mass is 424 g/mol. The number of rotatable bonds is 1. The number of anilines is 1. The van der Waals surface area contributed by atoms with E-state index in [0.717, 1.165) is 25.8 Å². The number of benzene rings is 2. The van der Waals surface area contributed by atoms with Crippen LogP contribution in [0.25, 0.3) is 0 Å². The van der Waals surface area contributed by atoms with Crippen LogP contribution in [-0.2, 0) is 4.79 Å². The lowest BCUT2D eigenvalue weighted by atomic mass is 10.1. The van der Waals surface area contributed by atoms with Crippen LogP contribution < -0.4 is 5.73 Å². The molecule has 0 aromatic heterocycles. The minimum atomic E-state index is 0.656. The summed E-state index contributed by atoms with van der Waals surface area (Å²) < 4.78 is 2.22. The second kappa shape index (κ2) is 8.28. The van der Waals surface area contributed by atoms with Gasteiger partial charge in [0, 0.05) is 14.6 Å². The number of isocyanates is 1. The average molecular weight is 426 g/mol. The smallest absolute Gasteiger partial charge is 0.240 e. The van der Waals surface area contributed by atoms with Gasteiger partial charge in [0.05, 0.1) is 5.69 Å². The first-order valence-electron chi connectivity index (χ1n) is 6.63. The minimum Gasteiger partial charge on any atom is -0.399 e. The summed E-state index contributed by atoms with van der Waals surface area (Å²) in [4.78, 5) is 13.5. The molecule has 0 aliphatic carbocycles. The molecule has 2 aromatic rings. The molecule has 0 fully saturated rings. The zero-order valence-electron chi connectivity index (χ0n) is 13.0. The zero-order valence-corrected chi connectivity index (χ0v) is 16.2. The number of nitrogen functional groups attached to an aromatic ring is 1. The molecule has 0 aliphatic heterocycles. The maximum Gasteiger partial charge on any atom is 0.240 e. The van der Waals surface area contributed by atoms with Crippen molar-refractivity contribution < 1.29 is 4.79 Å². The Morgan fingerprint density at radius 1 is 0.864 bits per heavy atom. The van der Waals surface area contributed by atoms with Crippen molar-refractivity contribution in [1.29, 1.82) is 0 Å². The van der Waals surface area contributed by atoms with Gasteiger partial charge in [0.15, 0.2) is 0 Å². The van der Waals surface area contributed by atoms with E-state index < -0.39 is 0 Å². The van der Waals surface area contributed by atoms with Gasteiger partial charge in [-0.2, -0.15) is 4.99 Å². The number of nitrogens with two attached hydrogens (primary N) is 1. The Morgan fingerprint density at radius 3 is 1.59 bits per heavy atom. The van der Waals surface area contributed by atoms with Gasteiger partial charge in [-0.15, -0.1) is 0 Å². The maximum absolute atomic E-state index is 9.98. The molecule has 0 unspecified atom stereocenters. The predicted octanol–water partition coefficient (Wildman–Crippen LogP) is 5.68. The molecule has 0 saturated heterocycles. The molecule has 116 valence electrons. The summed E-state index contributed by atoms with van der Waals surface area (Å²) in [6.45, 7) is 7.99. The van der Waals surface area contributed by atoms with Gasteiger partial charge >= 0.3 is 0 Å². The number of nitrogens with zero attached hydrogens (tertiary/aromatic N) is 1. The number of halogens is 2. The molecule has 2 N–H and O–H groups in total. The molecule has 0 spiro atoms. The summed E-state index contributed by atoms with van der Waals surface area (Å²) >= 11 is 6.88. The van der Waals surface area contributed by atoms with Crippen LogP contribution in [0.5, 0.6) is 0 Å². The van der Waals surface area contributed by atoms with Crippen LogP contribution in [0.3, 0.4) is 0 Å². The fourth-order valence-corrected chi connectivity index (χ4v) is 2.48. The Hall–Kier alpha value is -1.42. The van der Waals surface area contributed by atoms with Crippen molar-refractivity contribution in [2.75, 3.05) is 5.73 Å². The first-order valence-corrected chi connectivity index (χ1v) is 8.21. The van der Waals surface area contributed by atoms with Gasteiger partial charge < -0.3 is 5.73 Å². The molecule has 0 radical (unpaired) electrons. The molecule has 0 heterocycles. The number of hydrogen-bond donors (Lipinski definition) is 1. The molecular formula is C17H18Br2N2O. The molecule has 3 nitrogen and oxygen atoms in total. The minimum absolute atomic E-state index is 0.656. The lowest BCUT2D eigenvalue weighted by Gasteiger charge is -2.02. The van der Waals surface area contributed by atoms with Crippen molar-refractivity contribution in [2.45, 2.75) is 27.7 Å². The standard InChI is InChI=1S/C9H8BrNO.C8H10BrN/c1-6-3-8(11-5-12)4-7(2)9(6)10;1-5-3-7(10)4-6(2)8(5)9/h3-4H,1-2H3;3-4H,10H2,1-2H3. The van der Waals surface area contributed by atoms with Crippen LogP contribution in [0.2, 0.25) is 0 Å². The third kappa shape index (κ3) is 5.09. The van der Waals surface area contributed by atoms with Crippen molar-refractivity contribution in [3.05, 3.63) is 55.5 Å². The Kier molecular flexibility index (Phi) is 7.01. The molecule has 0 aliphatic rings. The number of carbonyl (C=O) groups excluding carboxylic acids is 1. The van der Waals surface area contributed by atoms with Gasteiger partial charge in [-0.1, -0.05) is 31.9 Å². The van der Waals surface area contributed by atoms with Crippen LogP contribution in [0.4, 0.5) is 11.4 Å². The Labute approximate surface area is 147 Å². The zero-order chi connectivity index (χ0) is 16.9. The van der Waals surface area contributed by atoms with Gasteiger partial charge in [0.2, 0.25) is 6.08 Å². The largest absolute Gasteiger partial charge is 0.399 e. The highest BCUT2D eigenvalue weighted by atomic mass is 79.9.